The van der Waals surface area contributed by atoms with Gasteiger partial charge in [-0.15, -0.1) is 0 Å². The van der Waals surface area contributed by atoms with Crippen LogP contribution in [-0.4, -0.2) is 49.9 Å². The number of fused-ring (bicyclic) bond motifs is 1. The standard InChI is InChI=1S/C29H27F7INO4/c1-14-3-24(30)25(37)8-22(14)26-23-10-38(20-7-21(39)13-40-12-20)9-17(23)11-41-27(26)42-15(2)16-4-18(28(31,32)33)6-19(5-16)29(34,35)36/h3-8,15,17,23,26-27H,9-13H2,1-2H3/t15-,17+,23-,26+,27-/m1/s1. The van der Waals surface area contributed by atoms with Crippen LogP contribution in [0.3, 0.4) is 0 Å². The van der Waals surface area contributed by atoms with Crippen LogP contribution in [0.4, 0.5) is 30.7 Å². The number of alkyl halides is 6. The lowest BCUT2D eigenvalue weighted by molar-refractivity contribution is -0.217. The second-order valence-electron chi connectivity index (χ2n) is 10.9. The summed E-state index contributed by atoms with van der Waals surface area (Å²) < 4.78 is 114. The summed E-state index contributed by atoms with van der Waals surface area (Å²) in [6.07, 6.45) is -10.7. The number of carbonyl (C=O) groups is 1. The molecule has 0 amide bonds. The van der Waals surface area contributed by atoms with E-state index in [2.05, 4.69) is 0 Å². The van der Waals surface area contributed by atoms with Crippen LogP contribution in [0.15, 0.2) is 42.1 Å². The Morgan fingerprint density at radius 3 is 2.29 bits per heavy atom. The van der Waals surface area contributed by atoms with Crippen LogP contribution in [0, 0.1) is 28.1 Å². The Morgan fingerprint density at radius 1 is 1.00 bits per heavy atom. The van der Waals surface area contributed by atoms with Crippen LogP contribution in [0.2, 0.25) is 0 Å². The monoisotopic (exact) mass is 713 g/mol. The average Bonchev–Trinajstić information content (AvgIpc) is 3.34. The molecule has 2 aromatic rings. The summed E-state index contributed by atoms with van der Waals surface area (Å²) in [5.41, 5.74) is -1.13. The molecule has 42 heavy (non-hydrogen) atoms. The van der Waals surface area contributed by atoms with Gasteiger partial charge in [-0.1, -0.05) is 0 Å². The van der Waals surface area contributed by atoms with Gasteiger partial charge in [0, 0.05) is 40.3 Å². The van der Waals surface area contributed by atoms with E-state index in [0.717, 1.165) is 5.70 Å². The lowest BCUT2D eigenvalue weighted by atomic mass is 9.76. The summed E-state index contributed by atoms with van der Waals surface area (Å²) in [5, 5.41) is 0. The second-order valence-corrected chi connectivity index (χ2v) is 12.1. The van der Waals surface area contributed by atoms with E-state index in [4.69, 9.17) is 14.2 Å². The highest BCUT2D eigenvalue weighted by atomic mass is 127. The Bertz CT molecular complexity index is 1360. The van der Waals surface area contributed by atoms with Crippen molar-refractivity contribution < 1.29 is 49.7 Å². The van der Waals surface area contributed by atoms with Gasteiger partial charge in [-0.05, 0) is 89.4 Å². The van der Waals surface area contributed by atoms with E-state index in [9.17, 15) is 35.5 Å². The molecule has 2 saturated heterocycles. The third kappa shape index (κ3) is 6.48. The Hall–Kier alpha value is -2.23. The zero-order valence-corrected chi connectivity index (χ0v) is 24.6. The molecule has 228 valence electrons. The molecule has 0 spiro atoms. The number of hydrogen-bond donors (Lipinski definition) is 0. The topological polar surface area (TPSA) is 48.0 Å². The molecule has 0 unspecified atom stereocenters. The summed E-state index contributed by atoms with van der Waals surface area (Å²) in [6.45, 7) is 4.60. The Kier molecular flexibility index (Phi) is 8.69. The minimum Gasteiger partial charge on any atom is -0.372 e. The van der Waals surface area contributed by atoms with Crippen molar-refractivity contribution in [2.75, 3.05) is 32.9 Å². The van der Waals surface area contributed by atoms with E-state index in [1.807, 2.05) is 27.5 Å². The summed E-state index contributed by atoms with van der Waals surface area (Å²) in [5.74, 6) is -1.27. The Morgan fingerprint density at radius 2 is 1.67 bits per heavy atom. The molecule has 0 radical (unpaired) electrons. The fourth-order valence-corrected chi connectivity index (χ4v) is 6.45. The number of aryl methyl sites for hydroxylation is 1. The molecule has 2 aromatic carbocycles. The first-order valence-corrected chi connectivity index (χ1v) is 14.3. The molecule has 0 aromatic heterocycles. The van der Waals surface area contributed by atoms with Crippen molar-refractivity contribution in [2.45, 2.75) is 44.5 Å². The van der Waals surface area contributed by atoms with Crippen molar-refractivity contribution in [1.29, 1.82) is 0 Å². The highest BCUT2D eigenvalue weighted by Gasteiger charge is 2.48. The van der Waals surface area contributed by atoms with Crippen LogP contribution in [0.1, 0.15) is 46.8 Å². The molecule has 3 heterocycles. The maximum atomic E-state index is 14.4. The average molecular weight is 713 g/mol. The molecular formula is C29H27F7INO4. The summed E-state index contributed by atoms with van der Waals surface area (Å²) in [6, 6.07) is 4.43. The Balaban J connectivity index is 1.50. The Labute approximate surface area is 251 Å². The van der Waals surface area contributed by atoms with Gasteiger partial charge in [-0.2, -0.15) is 26.3 Å². The summed E-state index contributed by atoms with van der Waals surface area (Å²) in [7, 11) is 0. The van der Waals surface area contributed by atoms with Gasteiger partial charge in [0.25, 0.3) is 0 Å². The van der Waals surface area contributed by atoms with E-state index in [-0.39, 0.29) is 49.1 Å². The van der Waals surface area contributed by atoms with Crippen LogP contribution < -0.4 is 0 Å². The van der Waals surface area contributed by atoms with Gasteiger partial charge in [0.15, 0.2) is 12.1 Å². The molecule has 5 nitrogen and oxygen atoms in total. The number of nitrogens with zero attached hydrogens (tertiary/aromatic N) is 1. The molecule has 0 N–H and O–H groups in total. The minimum atomic E-state index is -5.00. The number of benzene rings is 2. The lowest BCUT2D eigenvalue weighted by Crippen LogP contribution is -2.42. The van der Waals surface area contributed by atoms with Gasteiger partial charge < -0.3 is 19.1 Å². The first-order chi connectivity index (χ1) is 19.6. The third-order valence-corrected chi connectivity index (χ3v) is 8.86. The first kappa shape index (κ1) is 31.2. The molecule has 0 aliphatic carbocycles. The van der Waals surface area contributed by atoms with Crippen molar-refractivity contribution in [3.8, 4) is 0 Å². The molecule has 3 aliphatic rings. The molecule has 3 aliphatic heterocycles. The molecule has 0 bridgehead atoms. The quantitative estimate of drug-likeness (QED) is 0.246. The fourth-order valence-electron chi connectivity index (χ4n) is 5.96. The fraction of sp³-hybridized carbons (Fsp3) is 0.483. The third-order valence-electron chi connectivity index (χ3n) is 8.03. The summed E-state index contributed by atoms with van der Waals surface area (Å²) in [4.78, 5) is 14.0. The lowest BCUT2D eigenvalue weighted by Gasteiger charge is -2.41. The molecule has 5 rings (SSSR count). The predicted molar refractivity (Wildman–Crippen MR) is 145 cm³/mol. The zero-order valence-electron chi connectivity index (χ0n) is 22.5. The molecule has 0 saturated carbocycles. The maximum absolute atomic E-state index is 14.4. The van der Waals surface area contributed by atoms with Crippen LogP contribution in [0.5, 0.6) is 0 Å². The largest absolute Gasteiger partial charge is 0.416 e. The van der Waals surface area contributed by atoms with Crippen LogP contribution >= 0.6 is 22.6 Å². The van der Waals surface area contributed by atoms with Crippen molar-refractivity contribution in [3.05, 3.63) is 79.3 Å². The predicted octanol–water partition coefficient (Wildman–Crippen LogP) is 7.03. The second kappa shape index (κ2) is 11.7. The van der Waals surface area contributed by atoms with E-state index in [1.54, 1.807) is 19.1 Å². The van der Waals surface area contributed by atoms with Crippen molar-refractivity contribution in [3.63, 3.8) is 0 Å². The van der Waals surface area contributed by atoms with E-state index in [1.165, 1.54) is 13.0 Å². The molecule has 5 atom stereocenters. The highest BCUT2D eigenvalue weighted by Crippen LogP contribution is 2.47. The number of rotatable bonds is 5. The SMILES string of the molecule is Cc1cc(F)c(I)cc1[C@@H]1[C@@H](O[C@H](C)c2cc(C(F)(F)F)cc(C(F)(F)F)c2)OC[C@@H]2CN(C3=CC(=O)COC3)C[C@H]21. The number of likely N-dealkylation sites (tertiary alicyclic amines) is 1. The van der Waals surface area contributed by atoms with Gasteiger partial charge in [0.1, 0.15) is 12.4 Å². The van der Waals surface area contributed by atoms with E-state index >= 15 is 0 Å². The van der Waals surface area contributed by atoms with Gasteiger partial charge >= 0.3 is 12.4 Å². The molecule has 13 heteroatoms. The van der Waals surface area contributed by atoms with E-state index < -0.39 is 47.6 Å². The smallest absolute Gasteiger partial charge is 0.372 e. The first-order valence-electron chi connectivity index (χ1n) is 13.2. The van der Waals surface area contributed by atoms with Gasteiger partial charge in [0.05, 0.1) is 30.4 Å². The molecular weight excluding hydrogens is 686 g/mol. The minimum absolute atomic E-state index is 0.00252. The number of halogens is 8. The van der Waals surface area contributed by atoms with Gasteiger partial charge in [-0.3, -0.25) is 4.79 Å². The van der Waals surface area contributed by atoms with Crippen molar-refractivity contribution in [2.24, 2.45) is 11.8 Å². The maximum Gasteiger partial charge on any atom is 0.416 e. The molecule has 2 fully saturated rings. The van der Waals surface area contributed by atoms with E-state index in [0.29, 0.717) is 39.9 Å². The number of carbonyl (C=O) groups excluding carboxylic acids is 1. The number of ketones is 1. The summed E-state index contributed by atoms with van der Waals surface area (Å²) >= 11 is 1.86. The van der Waals surface area contributed by atoms with Crippen LogP contribution in [-0.2, 0) is 31.4 Å². The van der Waals surface area contributed by atoms with Crippen molar-refractivity contribution in [1.82, 2.24) is 4.90 Å². The van der Waals surface area contributed by atoms with Crippen LogP contribution in [0.25, 0.3) is 0 Å². The normalized spacial score (nSPS) is 25.8. The highest BCUT2D eigenvalue weighted by molar-refractivity contribution is 14.1. The number of ether oxygens (including phenoxy) is 3. The van der Waals surface area contributed by atoms with Gasteiger partial charge in [0.2, 0.25) is 0 Å². The van der Waals surface area contributed by atoms with Gasteiger partial charge in [-0.25, -0.2) is 4.39 Å². The number of hydrogen-bond acceptors (Lipinski definition) is 5. The zero-order chi connectivity index (χ0) is 30.6. The van der Waals surface area contributed by atoms with Crippen molar-refractivity contribution >= 4 is 28.4 Å².